The normalized spacial score (nSPS) is 20.2. The number of ether oxygens (including phenoxy) is 2. The van der Waals surface area contributed by atoms with E-state index in [1.54, 1.807) is 12.3 Å². The molecule has 2 aromatic heterocycles. The highest BCUT2D eigenvalue weighted by atomic mass is 19.4. The van der Waals surface area contributed by atoms with E-state index in [1.165, 1.54) is 6.08 Å². The Morgan fingerprint density at radius 1 is 1.04 bits per heavy atom. The first-order valence-electron chi connectivity index (χ1n) is 18.7. The Hall–Kier alpha value is -4.49. The first-order chi connectivity index (χ1) is 25.6. The number of likely N-dealkylation sites (tertiary alicyclic amines) is 2. The maximum atomic E-state index is 14.0. The fourth-order valence-corrected chi connectivity index (χ4v) is 8.98. The first kappa shape index (κ1) is 35.5. The Morgan fingerprint density at radius 2 is 1.77 bits per heavy atom. The molecule has 0 unspecified atom stereocenters. The van der Waals surface area contributed by atoms with Crippen LogP contribution in [0.2, 0.25) is 0 Å². The van der Waals surface area contributed by atoms with Crippen molar-refractivity contribution in [2.75, 3.05) is 64.0 Å². The van der Waals surface area contributed by atoms with Gasteiger partial charge in [-0.2, -0.15) is 18.3 Å². The van der Waals surface area contributed by atoms with Gasteiger partial charge in [-0.05, 0) is 93.4 Å². The smallest absolute Gasteiger partial charge is 0.422 e. The largest absolute Gasteiger partial charge is 0.481 e. The maximum Gasteiger partial charge on any atom is 0.422 e. The molecule has 10 nitrogen and oxygen atoms in total. The number of piperidine rings is 2. The predicted molar refractivity (Wildman–Crippen MR) is 199 cm³/mol. The topological polar surface area (TPSA) is 99.7 Å². The molecule has 0 saturated carbocycles. The average molecular weight is 730 g/mol. The zero-order valence-electron chi connectivity index (χ0n) is 30.2. The van der Waals surface area contributed by atoms with Gasteiger partial charge in [0.2, 0.25) is 5.91 Å². The summed E-state index contributed by atoms with van der Waals surface area (Å²) in [6.07, 6.45) is 5.62. The number of nitrogens with one attached hydrogen (secondary N) is 1. The molecule has 0 atom stereocenters. The third kappa shape index (κ3) is 6.78. The Morgan fingerprint density at radius 3 is 2.45 bits per heavy atom. The second-order valence-electron chi connectivity index (χ2n) is 15.2. The number of amides is 1. The number of nitrogens with zero attached hydrogens (tertiary/aromatic N) is 6. The van der Waals surface area contributed by atoms with Crippen LogP contribution in [0.4, 0.5) is 19.0 Å². The van der Waals surface area contributed by atoms with Crippen molar-refractivity contribution in [3.8, 4) is 16.9 Å². The van der Waals surface area contributed by atoms with Gasteiger partial charge in [0.25, 0.3) is 0 Å². The Kier molecular flexibility index (Phi) is 9.42. The summed E-state index contributed by atoms with van der Waals surface area (Å²) < 4.78 is 53.6. The van der Waals surface area contributed by atoms with Crippen molar-refractivity contribution >= 4 is 39.6 Å². The molecule has 0 aliphatic carbocycles. The molecule has 4 saturated heterocycles. The van der Waals surface area contributed by atoms with Crippen LogP contribution in [0, 0.1) is 12.3 Å². The molecule has 6 heterocycles. The number of aromatic nitrogens is 4. The van der Waals surface area contributed by atoms with E-state index in [0.717, 1.165) is 86.9 Å². The SMILES string of the molecule is C=CC(=O)N1CC2(CCN(c3nc(C4CCN(C5CCOCC5)CC4)nc4c(OCC(F)(F)F)c(-c5c(C)ccc6[nH]ncc56)c(C=C)cc34)CC2)C1. The van der Waals surface area contributed by atoms with Crippen molar-refractivity contribution in [2.45, 2.75) is 63.6 Å². The summed E-state index contributed by atoms with van der Waals surface area (Å²) in [5.41, 5.74) is 3.88. The summed E-state index contributed by atoms with van der Waals surface area (Å²) in [4.78, 5) is 29.3. The summed E-state index contributed by atoms with van der Waals surface area (Å²) >= 11 is 0. The predicted octanol–water partition coefficient (Wildman–Crippen LogP) is 7.04. The minimum Gasteiger partial charge on any atom is -0.481 e. The lowest BCUT2D eigenvalue weighted by molar-refractivity contribution is -0.153. The Labute approximate surface area is 307 Å². The number of aryl methyl sites for hydroxylation is 1. The molecular weight excluding hydrogens is 683 g/mol. The second kappa shape index (κ2) is 14.1. The molecule has 1 spiro atoms. The number of benzene rings is 2. The molecule has 1 N–H and O–H groups in total. The summed E-state index contributed by atoms with van der Waals surface area (Å²) in [6, 6.07) is 6.30. The molecule has 13 heteroatoms. The van der Waals surface area contributed by atoms with Crippen molar-refractivity contribution in [1.82, 2.24) is 30.0 Å². The molecule has 4 aromatic rings. The molecule has 2 aromatic carbocycles. The number of rotatable bonds is 8. The molecule has 1 amide bonds. The van der Waals surface area contributed by atoms with Gasteiger partial charge in [0.1, 0.15) is 17.2 Å². The minimum atomic E-state index is -4.58. The van der Waals surface area contributed by atoms with Crippen molar-refractivity contribution in [1.29, 1.82) is 0 Å². The van der Waals surface area contributed by atoms with Gasteiger partial charge < -0.3 is 24.2 Å². The third-order valence-corrected chi connectivity index (χ3v) is 11.9. The van der Waals surface area contributed by atoms with Gasteiger partial charge in [-0.3, -0.25) is 9.89 Å². The van der Waals surface area contributed by atoms with Crippen LogP contribution in [0.3, 0.4) is 0 Å². The molecule has 0 radical (unpaired) electrons. The van der Waals surface area contributed by atoms with Crippen LogP contribution in [-0.4, -0.2) is 107 Å². The number of hydrogen-bond donors (Lipinski definition) is 1. The molecular formula is C40H46F3N7O3. The molecule has 4 aliphatic rings. The van der Waals surface area contributed by atoms with Crippen LogP contribution in [0.5, 0.6) is 5.75 Å². The van der Waals surface area contributed by atoms with Crippen molar-refractivity contribution in [2.24, 2.45) is 5.41 Å². The van der Waals surface area contributed by atoms with Gasteiger partial charge in [-0.1, -0.05) is 25.3 Å². The zero-order chi connectivity index (χ0) is 36.9. The standard InChI is InChI=1S/C40H46F3N7O3/c1-4-26-20-29-35(36(53-24-40(41,42)43)34(26)33-25(3)6-7-31-30(33)21-44-47-31)45-37(27-8-14-48(15-9-27)28-10-18-52-19-11-28)46-38(29)49-16-12-39(13-17-49)22-50(23-39)32(51)5-2/h4-7,20-21,27-28H,1-2,8-19,22-24H2,3H3,(H,44,47). The number of carbonyl (C=O) groups excluding carboxylic acids is 1. The first-order valence-corrected chi connectivity index (χ1v) is 18.7. The number of aromatic amines is 1. The van der Waals surface area contributed by atoms with E-state index in [9.17, 15) is 18.0 Å². The van der Waals surface area contributed by atoms with Crippen LogP contribution >= 0.6 is 0 Å². The molecule has 280 valence electrons. The van der Waals surface area contributed by atoms with E-state index in [0.29, 0.717) is 65.9 Å². The summed E-state index contributed by atoms with van der Waals surface area (Å²) in [5, 5.41) is 8.66. The lowest BCUT2D eigenvalue weighted by Gasteiger charge is -2.54. The molecule has 4 aliphatic heterocycles. The van der Waals surface area contributed by atoms with Crippen LogP contribution in [0.25, 0.3) is 39.0 Å². The van der Waals surface area contributed by atoms with Crippen molar-refractivity contribution in [3.63, 3.8) is 0 Å². The minimum absolute atomic E-state index is 0.0347. The van der Waals surface area contributed by atoms with E-state index in [-0.39, 0.29) is 23.0 Å². The van der Waals surface area contributed by atoms with Gasteiger partial charge in [-0.25, -0.2) is 9.97 Å². The van der Waals surface area contributed by atoms with Crippen LogP contribution in [0.15, 0.2) is 43.6 Å². The van der Waals surface area contributed by atoms with E-state index in [2.05, 4.69) is 33.2 Å². The Balaban J connectivity index is 1.25. The van der Waals surface area contributed by atoms with Gasteiger partial charge in [0.05, 0.1) is 11.7 Å². The lowest BCUT2D eigenvalue weighted by atomic mass is 9.72. The molecule has 8 rings (SSSR count). The van der Waals surface area contributed by atoms with Gasteiger partial charge in [0, 0.05) is 73.1 Å². The monoisotopic (exact) mass is 729 g/mol. The third-order valence-electron chi connectivity index (χ3n) is 11.9. The van der Waals surface area contributed by atoms with E-state index >= 15 is 0 Å². The Bertz CT molecular complexity index is 2030. The average Bonchev–Trinajstić information content (AvgIpc) is 3.64. The number of hydrogen-bond acceptors (Lipinski definition) is 8. The van der Waals surface area contributed by atoms with Gasteiger partial charge in [0.15, 0.2) is 12.4 Å². The highest BCUT2D eigenvalue weighted by Crippen LogP contribution is 2.48. The zero-order valence-corrected chi connectivity index (χ0v) is 30.2. The summed E-state index contributed by atoms with van der Waals surface area (Å²) in [7, 11) is 0. The number of H-pyrrole nitrogens is 1. The highest BCUT2D eigenvalue weighted by molar-refractivity contribution is 6.07. The van der Waals surface area contributed by atoms with E-state index in [4.69, 9.17) is 19.4 Å². The fraction of sp³-hybridized carbons (Fsp3) is 0.500. The van der Waals surface area contributed by atoms with Crippen LogP contribution < -0.4 is 9.64 Å². The van der Waals surface area contributed by atoms with E-state index in [1.807, 2.05) is 30.0 Å². The van der Waals surface area contributed by atoms with Crippen LogP contribution in [0.1, 0.15) is 61.4 Å². The number of halogens is 3. The number of alkyl halides is 3. The van der Waals surface area contributed by atoms with Crippen LogP contribution in [-0.2, 0) is 9.53 Å². The molecule has 4 fully saturated rings. The van der Waals surface area contributed by atoms with Crippen molar-refractivity contribution in [3.05, 3.63) is 60.6 Å². The van der Waals surface area contributed by atoms with Crippen molar-refractivity contribution < 1.29 is 27.4 Å². The fourth-order valence-electron chi connectivity index (χ4n) is 8.98. The quantitative estimate of drug-likeness (QED) is 0.193. The number of carbonyl (C=O) groups is 1. The molecule has 0 bridgehead atoms. The maximum absolute atomic E-state index is 14.0. The number of fused-ring (bicyclic) bond motifs is 2. The molecule has 53 heavy (non-hydrogen) atoms. The lowest BCUT2D eigenvalue weighted by Crippen LogP contribution is -2.61. The van der Waals surface area contributed by atoms with Gasteiger partial charge >= 0.3 is 6.18 Å². The summed E-state index contributed by atoms with van der Waals surface area (Å²) in [5.74, 6) is 1.40. The number of anilines is 1. The van der Waals surface area contributed by atoms with E-state index < -0.39 is 12.8 Å². The van der Waals surface area contributed by atoms with Gasteiger partial charge in [-0.15, -0.1) is 0 Å². The second-order valence-corrected chi connectivity index (χ2v) is 15.2. The summed E-state index contributed by atoms with van der Waals surface area (Å²) in [6.45, 7) is 14.4. The highest BCUT2D eigenvalue weighted by Gasteiger charge is 2.46.